The van der Waals surface area contributed by atoms with Crippen LogP contribution in [-0.2, 0) is 9.53 Å². The lowest BCUT2D eigenvalue weighted by atomic mass is 9.94. The van der Waals surface area contributed by atoms with E-state index in [1.54, 1.807) is 7.11 Å². The van der Waals surface area contributed by atoms with E-state index in [9.17, 15) is 4.79 Å². The standard InChI is InChI=1S/C13H20N2O2/c1-17-12-9-4-5-10(12)8-15(7-9)13(16)11-3-2-6-14-11/h2-3,9-12,14H,4-8H2,1H3/t9-,10+,11-,12?/m1/s1. The lowest BCUT2D eigenvalue weighted by Gasteiger charge is -2.38. The highest BCUT2D eigenvalue weighted by molar-refractivity contribution is 5.84. The predicted octanol–water partition coefficient (Wildman–Crippen LogP) is 0.398. The summed E-state index contributed by atoms with van der Waals surface area (Å²) in [4.78, 5) is 14.3. The van der Waals surface area contributed by atoms with Crippen molar-refractivity contribution in [3.63, 3.8) is 0 Å². The number of carbonyl (C=O) groups is 1. The zero-order chi connectivity index (χ0) is 11.8. The fraction of sp³-hybridized carbons (Fsp3) is 0.769. The first-order chi connectivity index (χ1) is 8.29. The summed E-state index contributed by atoms with van der Waals surface area (Å²) < 4.78 is 5.56. The van der Waals surface area contributed by atoms with E-state index >= 15 is 0 Å². The van der Waals surface area contributed by atoms with Crippen molar-refractivity contribution < 1.29 is 9.53 Å². The Bertz CT molecular complexity index is 328. The van der Waals surface area contributed by atoms with Crippen LogP contribution in [0.5, 0.6) is 0 Å². The van der Waals surface area contributed by atoms with Crippen LogP contribution in [0, 0.1) is 11.8 Å². The summed E-state index contributed by atoms with van der Waals surface area (Å²) in [5.74, 6) is 1.34. The number of hydrogen-bond acceptors (Lipinski definition) is 3. The van der Waals surface area contributed by atoms with E-state index in [1.807, 2.05) is 17.1 Å². The third-order valence-corrected chi connectivity index (χ3v) is 4.38. The predicted molar refractivity (Wildman–Crippen MR) is 64.5 cm³/mol. The molecule has 2 bridgehead atoms. The van der Waals surface area contributed by atoms with E-state index in [1.165, 1.54) is 12.8 Å². The number of fused-ring (bicyclic) bond motifs is 2. The molecular weight excluding hydrogens is 216 g/mol. The van der Waals surface area contributed by atoms with Crippen molar-refractivity contribution in [1.82, 2.24) is 10.2 Å². The molecule has 0 radical (unpaired) electrons. The number of hydrogen-bond donors (Lipinski definition) is 1. The number of ether oxygens (including phenoxy) is 1. The van der Waals surface area contributed by atoms with Crippen molar-refractivity contribution in [2.75, 3.05) is 26.7 Å². The second-order valence-corrected chi connectivity index (χ2v) is 5.36. The molecule has 1 N–H and O–H groups in total. The lowest BCUT2D eigenvalue weighted by Crippen LogP contribution is -2.52. The normalized spacial score (nSPS) is 39.9. The van der Waals surface area contributed by atoms with Crippen molar-refractivity contribution >= 4 is 5.91 Å². The minimum Gasteiger partial charge on any atom is -0.381 e. The second kappa shape index (κ2) is 4.42. The van der Waals surface area contributed by atoms with Gasteiger partial charge in [-0.25, -0.2) is 0 Å². The van der Waals surface area contributed by atoms with Gasteiger partial charge in [0.2, 0.25) is 5.91 Å². The average molecular weight is 236 g/mol. The van der Waals surface area contributed by atoms with Gasteiger partial charge < -0.3 is 9.64 Å². The highest BCUT2D eigenvalue weighted by Crippen LogP contribution is 2.38. The van der Waals surface area contributed by atoms with E-state index in [0.717, 1.165) is 19.6 Å². The third-order valence-electron chi connectivity index (χ3n) is 4.38. The molecule has 1 unspecified atom stereocenters. The largest absolute Gasteiger partial charge is 0.381 e. The van der Waals surface area contributed by atoms with Gasteiger partial charge in [0, 0.05) is 38.6 Å². The zero-order valence-corrected chi connectivity index (χ0v) is 10.3. The molecule has 1 aliphatic carbocycles. The van der Waals surface area contributed by atoms with Crippen molar-refractivity contribution in [3.05, 3.63) is 12.2 Å². The fourth-order valence-corrected chi connectivity index (χ4v) is 3.57. The summed E-state index contributed by atoms with van der Waals surface area (Å²) in [7, 11) is 1.80. The second-order valence-electron chi connectivity index (χ2n) is 5.36. The summed E-state index contributed by atoms with van der Waals surface area (Å²) in [6, 6.07) is -0.0894. The topological polar surface area (TPSA) is 41.6 Å². The van der Waals surface area contributed by atoms with E-state index in [0.29, 0.717) is 17.9 Å². The molecule has 0 spiro atoms. The van der Waals surface area contributed by atoms with Gasteiger partial charge in [-0.2, -0.15) is 0 Å². The first-order valence-corrected chi connectivity index (χ1v) is 6.51. The molecule has 2 heterocycles. The summed E-state index contributed by atoms with van der Waals surface area (Å²) in [5, 5.41) is 3.20. The van der Waals surface area contributed by atoms with Gasteiger partial charge in [0.1, 0.15) is 6.04 Å². The maximum atomic E-state index is 12.3. The molecule has 4 nitrogen and oxygen atoms in total. The Morgan fingerprint density at radius 2 is 2.06 bits per heavy atom. The smallest absolute Gasteiger partial charge is 0.243 e. The number of methoxy groups -OCH3 is 1. The molecule has 3 aliphatic rings. The number of amides is 1. The molecule has 2 aliphatic heterocycles. The highest BCUT2D eigenvalue weighted by atomic mass is 16.5. The fourth-order valence-electron chi connectivity index (χ4n) is 3.57. The van der Waals surface area contributed by atoms with Crippen LogP contribution in [-0.4, -0.2) is 49.7 Å². The monoisotopic (exact) mass is 236 g/mol. The van der Waals surface area contributed by atoms with Crippen LogP contribution in [0.15, 0.2) is 12.2 Å². The van der Waals surface area contributed by atoms with Crippen LogP contribution in [0.2, 0.25) is 0 Å². The molecule has 17 heavy (non-hydrogen) atoms. The van der Waals surface area contributed by atoms with E-state index in [4.69, 9.17) is 4.74 Å². The zero-order valence-electron chi connectivity index (χ0n) is 10.3. The maximum Gasteiger partial charge on any atom is 0.243 e. The quantitative estimate of drug-likeness (QED) is 0.706. The summed E-state index contributed by atoms with van der Waals surface area (Å²) in [6.45, 7) is 2.57. The molecule has 0 aromatic heterocycles. The Balaban J connectivity index is 1.67. The van der Waals surface area contributed by atoms with Gasteiger partial charge >= 0.3 is 0 Å². The van der Waals surface area contributed by atoms with E-state index < -0.39 is 0 Å². The van der Waals surface area contributed by atoms with Crippen LogP contribution >= 0.6 is 0 Å². The number of nitrogens with zero attached hydrogens (tertiary/aromatic N) is 1. The first-order valence-electron chi connectivity index (χ1n) is 6.51. The molecule has 94 valence electrons. The van der Waals surface area contributed by atoms with Crippen LogP contribution in [0.4, 0.5) is 0 Å². The van der Waals surface area contributed by atoms with E-state index in [-0.39, 0.29) is 11.9 Å². The van der Waals surface area contributed by atoms with Gasteiger partial charge in [-0.05, 0) is 12.8 Å². The van der Waals surface area contributed by atoms with Crippen LogP contribution in [0.1, 0.15) is 12.8 Å². The molecule has 0 aromatic rings. The van der Waals surface area contributed by atoms with Gasteiger partial charge in [0.15, 0.2) is 0 Å². The summed E-state index contributed by atoms with van der Waals surface area (Å²) in [6.07, 6.45) is 6.80. The third kappa shape index (κ3) is 1.89. The number of piperidine rings is 1. The minimum absolute atomic E-state index is 0.0894. The molecule has 1 saturated heterocycles. The number of rotatable bonds is 2. The summed E-state index contributed by atoms with van der Waals surface area (Å²) >= 11 is 0. The van der Waals surface area contributed by atoms with Crippen LogP contribution in [0.3, 0.4) is 0 Å². The Kier molecular flexibility index (Phi) is 2.92. The van der Waals surface area contributed by atoms with Gasteiger partial charge in [-0.3, -0.25) is 10.1 Å². The molecular formula is C13H20N2O2. The van der Waals surface area contributed by atoms with Gasteiger partial charge in [-0.1, -0.05) is 12.2 Å². The van der Waals surface area contributed by atoms with Gasteiger partial charge in [0.25, 0.3) is 0 Å². The Labute approximate surface area is 102 Å². The molecule has 4 atom stereocenters. The van der Waals surface area contributed by atoms with Crippen molar-refractivity contribution in [2.45, 2.75) is 25.0 Å². The van der Waals surface area contributed by atoms with Crippen molar-refractivity contribution in [2.24, 2.45) is 11.8 Å². The Hall–Kier alpha value is -0.870. The SMILES string of the molecule is COC1[C@@H]2CC[C@H]1CN(C(=O)[C@H]1C=CCN1)C2. The van der Waals surface area contributed by atoms with Crippen molar-refractivity contribution in [1.29, 1.82) is 0 Å². The Morgan fingerprint density at radius 3 is 2.59 bits per heavy atom. The highest BCUT2D eigenvalue weighted by Gasteiger charge is 2.44. The molecule has 4 heteroatoms. The Morgan fingerprint density at radius 1 is 1.35 bits per heavy atom. The van der Waals surface area contributed by atoms with Gasteiger partial charge in [-0.15, -0.1) is 0 Å². The summed E-state index contributed by atoms with van der Waals surface area (Å²) in [5.41, 5.74) is 0. The maximum absolute atomic E-state index is 12.3. The van der Waals surface area contributed by atoms with Crippen LogP contribution in [0.25, 0.3) is 0 Å². The molecule has 1 saturated carbocycles. The number of carbonyl (C=O) groups excluding carboxylic acids is 1. The molecule has 0 aromatic carbocycles. The lowest BCUT2D eigenvalue weighted by molar-refractivity contribution is -0.137. The number of likely N-dealkylation sites (tertiary alicyclic amines) is 1. The van der Waals surface area contributed by atoms with Crippen molar-refractivity contribution in [3.8, 4) is 0 Å². The van der Waals surface area contributed by atoms with Gasteiger partial charge in [0.05, 0.1) is 6.10 Å². The molecule has 1 amide bonds. The molecule has 2 fully saturated rings. The minimum atomic E-state index is -0.0894. The van der Waals surface area contributed by atoms with E-state index in [2.05, 4.69) is 5.32 Å². The first kappa shape index (κ1) is 11.2. The number of nitrogens with one attached hydrogen (secondary N) is 1. The molecule has 3 rings (SSSR count). The average Bonchev–Trinajstić information content (AvgIpc) is 2.94. The van der Waals surface area contributed by atoms with Crippen LogP contribution < -0.4 is 5.32 Å².